The molecule has 1 amide bonds. The van der Waals surface area contributed by atoms with Gasteiger partial charge in [-0.2, -0.15) is 0 Å². The third kappa shape index (κ3) is 4.95. The van der Waals surface area contributed by atoms with Crippen molar-refractivity contribution < 1.29 is 4.79 Å². The summed E-state index contributed by atoms with van der Waals surface area (Å²) in [5.41, 5.74) is 5.55. The van der Waals surface area contributed by atoms with Crippen molar-refractivity contribution in [3.8, 4) is 0 Å². The number of hydrogen-bond donors (Lipinski definition) is 2. The second kappa shape index (κ2) is 5.88. The number of rotatable bonds is 5. The fraction of sp³-hybridized carbons (Fsp3) is 0.545. The van der Waals surface area contributed by atoms with Gasteiger partial charge in [0, 0.05) is 29.8 Å². The van der Waals surface area contributed by atoms with Gasteiger partial charge in [-0.1, -0.05) is 6.07 Å². The van der Waals surface area contributed by atoms with Gasteiger partial charge in [0.15, 0.2) is 0 Å². The highest BCUT2D eigenvalue weighted by atomic mass is 32.1. The molecule has 0 aliphatic carbocycles. The summed E-state index contributed by atoms with van der Waals surface area (Å²) in [4.78, 5) is 12.7. The van der Waals surface area contributed by atoms with Crippen LogP contribution in [0.25, 0.3) is 0 Å². The van der Waals surface area contributed by atoms with Crippen LogP contribution >= 0.6 is 11.3 Å². The summed E-state index contributed by atoms with van der Waals surface area (Å²) < 4.78 is 0. The molecule has 3 N–H and O–H groups in total. The monoisotopic (exact) mass is 226 g/mol. The fourth-order valence-electron chi connectivity index (χ4n) is 1.41. The molecule has 1 aromatic rings. The Kier molecular flexibility index (Phi) is 4.78. The summed E-state index contributed by atoms with van der Waals surface area (Å²) in [6.45, 7) is 3.85. The molecule has 1 aromatic heterocycles. The summed E-state index contributed by atoms with van der Waals surface area (Å²) in [5.74, 6) is 0.0362. The number of carbonyl (C=O) groups is 1. The van der Waals surface area contributed by atoms with Crippen LogP contribution in [-0.2, 0) is 11.2 Å². The van der Waals surface area contributed by atoms with Crippen molar-refractivity contribution in [3.05, 3.63) is 22.4 Å². The van der Waals surface area contributed by atoms with Gasteiger partial charge >= 0.3 is 0 Å². The lowest BCUT2D eigenvalue weighted by atomic mass is 10.2. The van der Waals surface area contributed by atoms with E-state index in [0.717, 1.165) is 6.42 Å². The first-order chi connectivity index (χ1) is 7.08. The molecule has 0 aromatic carbocycles. The average molecular weight is 226 g/mol. The van der Waals surface area contributed by atoms with E-state index < -0.39 is 0 Å². The molecule has 1 heterocycles. The Hall–Kier alpha value is -0.870. The molecule has 0 aliphatic heterocycles. The first-order valence-corrected chi connectivity index (χ1v) is 6.03. The minimum atomic E-state index is -0.0704. The maximum atomic E-state index is 11.4. The second-order valence-corrected chi connectivity index (χ2v) is 4.97. The summed E-state index contributed by atoms with van der Waals surface area (Å²) in [5, 5.41) is 4.98. The molecule has 0 bridgehead atoms. The van der Waals surface area contributed by atoms with Gasteiger partial charge in [0.05, 0.1) is 0 Å². The molecule has 1 rings (SSSR count). The topological polar surface area (TPSA) is 55.1 Å². The van der Waals surface area contributed by atoms with Crippen LogP contribution < -0.4 is 11.1 Å². The lowest BCUT2D eigenvalue weighted by Gasteiger charge is -2.13. The normalized spacial score (nSPS) is 14.6. The molecule has 0 spiro atoms. The van der Waals surface area contributed by atoms with Crippen molar-refractivity contribution in [1.82, 2.24) is 5.32 Å². The Balaban J connectivity index is 2.29. The third-order valence-electron chi connectivity index (χ3n) is 2.00. The zero-order chi connectivity index (χ0) is 11.3. The Labute approximate surface area is 94.7 Å². The van der Waals surface area contributed by atoms with Crippen LogP contribution in [0.4, 0.5) is 0 Å². The molecule has 4 heteroatoms. The Morgan fingerprint density at radius 3 is 2.87 bits per heavy atom. The van der Waals surface area contributed by atoms with Gasteiger partial charge < -0.3 is 11.1 Å². The van der Waals surface area contributed by atoms with E-state index >= 15 is 0 Å². The first kappa shape index (κ1) is 12.2. The van der Waals surface area contributed by atoms with Crippen molar-refractivity contribution in [2.45, 2.75) is 38.8 Å². The molecule has 2 unspecified atom stereocenters. The summed E-state index contributed by atoms with van der Waals surface area (Å²) >= 11 is 1.72. The standard InChI is InChI=1S/C11H18N2OS/c1-8(12)6-11(14)13-9(2)7-10-4-3-5-15-10/h3-5,8-9H,6-7,12H2,1-2H3,(H,13,14). The van der Waals surface area contributed by atoms with Crippen LogP contribution in [-0.4, -0.2) is 18.0 Å². The minimum Gasteiger partial charge on any atom is -0.353 e. The smallest absolute Gasteiger partial charge is 0.221 e. The van der Waals surface area contributed by atoms with E-state index in [4.69, 9.17) is 5.73 Å². The van der Waals surface area contributed by atoms with E-state index in [0.29, 0.717) is 6.42 Å². The van der Waals surface area contributed by atoms with Gasteiger partial charge in [0.2, 0.25) is 5.91 Å². The minimum absolute atomic E-state index is 0.0362. The van der Waals surface area contributed by atoms with Gasteiger partial charge in [-0.15, -0.1) is 11.3 Å². The Morgan fingerprint density at radius 2 is 2.33 bits per heavy atom. The summed E-state index contributed by atoms with van der Waals surface area (Å²) in [6, 6.07) is 4.21. The van der Waals surface area contributed by atoms with E-state index in [2.05, 4.69) is 11.4 Å². The quantitative estimate of drug-likeness (QED) is 0.800. The summed E-state index contributed by atoms with van der Waals surface area (Å²) in [6.07, 6.45) is 1.29. The van der Waals surface area contributed by atoms with Gasteiger partial charge in [-0.3, -0.25) is 4.79 Å². The molecule has 0 saturated carbocycles. The number of carbonyl (C=O) groups excluding carboxylic acids is 1. The Bertz CT molecular complexity index is 296. The SMILES string of the molecule is CC(N)CC(=O)NC(C)Cc1cccs1. The zero-order valence-electron chi connectivity index (χ0n) is 9.19. The molecule has 0 radical (unpaired) electrons. The van der Waals surface area contributed by atoms with E-state index in [-0.39, 0.29) is 18.0 Å². The maximum Gasteiger partial charge on any atom is 0.221 e. The molecule has 0 saturated heterocycles. The molecule has 2 atom stereocenters. The van der Waals surface area contributed by atoms with Crippen LogP contribution in [0.5, 0.6) is 0 Å². The first-order valence-electron chi connectivity index (χ1n) is 5.15. The highest BCUT2D eigenvalue weighted by Gasteiger charge is 2.09. The van der Waals surface area contributed by atoms with Crippen LogP contribution in [0.2, 0.25) is 0 Å². The van der Waals surface area contributed by atoms with Crippen molar-refractivity contribution in [2.75, 3.05) is 0 Å². The lowest BCUT2D eigenvalue weighted by Crippen LogP contribution is -2.36. The van der Waals surface area contributed by atoms with E-state index in [1.54, 1.807) is 11.3 Å². The number of thiophene rings is 1. The highest BCUT2D eigenvalue weighted by Crippen LogP contribution is 2.10. The maximum absolute atomic E-state index is 11.4. The fourth-order valence-corrected chi connectivity index (χ4v) is 2.24. The lowest BCUT2D eigenvalue weighted by molar-refractivity contribution is -0.121. The van der Waals surface area contributed by atoms with Crippen LogP contribution in [0, 0.1) is 0 Å². The van der Waals surface area contributed by atoms with E-state index in [1.165, 1.54) is 4.88 Å². The summed E-state index contributed by atoms with van der Waals surface area (Å²) in [7, 11) is 0. The third-order valence-corrected chi connectivity index (χ3v) is 2.90. The van der Waals surface area contributed by atoms with Crippen LogP contribution in [0.15, 0.2) is 17.5 Å². The molecular weight excluding hydrogens is 208 g/mol. The molecule has 84 valence electrons. The van der Waals surface area contributed by atoms with Gasteiger partial charge in [-0.05, 0) is 25.3 Å². The number of nitrogens with two attached hydrogens (primary N) is 1. The predicted molar refractivity (Wildman–Crippen MR) is 63.9 cm³/mol. The highest BCUT2D eigenvalue weighted by molar-refractivity contribution is 7.09. The van der Waals surface area contributed by atoms with E-state index in [9.17, 15) is 4.79 Å². The number of nitrogens with one attached hydrogen (secondary N) is 1. The average Bonchev–Trinajstić information content (AvgIpc) is 2.53. The van der Waals surface area contributed by atoms with Crippen molar-refractivity contribution in [3.63, 3.8) is 0 Å². The molecular formula is C11H18N2OS. The largest absolute Gasteiger partial charge is 0.353 e. The number of amides is 1. The van der Waals surface area contributed by atoms with Crippen molar-refractivity contribution >= 4 is 17.2 Å². The number of hydrogen-bond acceptors (Lipinski definition) is 3. The van der Waals surface area contributed by atoms with Gasteiger partial charge in [-0.25, -0.2) is 0 Å². The van der Waals surface area contributed by atoms with Gasteiger partial charge in [0.25, 0.3) is 0 Å². The van der Waals surface area contributed by atoms with Crippen molar-refractivity contribution in [1.29, 1.82) is 0 Å². The van der Waals surface area contributed by atoms with Crippen LogP contribution in [0.3, 0.4) is 0 Å². The second-order valence-electron chi connectivity index (χ2n) is 3.93. The molecule has 0 fully saturated rings. The molecule has 0 aliphatic rings. The van der Waals surface area contributed by atoms with Crippen LogP contribution in [0.1, 0.15) is 25.1 Å². The Morgan fingerprint density at radius 1 is 1.60 bits per heavy atom. The molecule has 3 nitrogen and oxygen atoms in total. The van der Waals surface area contributed by atoms with Gasteiger partial charge in [0.1, 0.15) is 0 Å². The zero-order valence-corrected chi connectivity index (χ0v) is 10.0. The molecule has 15 heavy (non-hydrogen) atoms. The van der Waals surface area contributed by atoms with E-state index in [1.807, 2.05) is 25.3 Å². The van der Waals surface area contributed by atoms with Crippen molar-refractivity contribution in [2.24, 2.45) is 5.73 Å². The predicted octanol–water partition coefficient (Wildman–Crippen LogP) is 1.53.